The topological polar surface area (TPSA) is 72.1 Å². The first kappa shape index (κ1) is 20.1. The summed E-state index contributed by atoms with van der Waals surface area (Å²) in [6.45, 7) is 1.32. The fraction of sp³-hybridized carbons (Fsp3) is 0.286. The highest BCUT2D eigenvalue weighted by molar-refractivity contribution is 5.85. The molecule has 0 bridgehead atoms. The van der Waals surface area contributed by atoms with Gasteiger partial charge in [0, 0.05) is 13.1 Å². The predicted molar refractivity (Wildman–Crippen MR) is 103 cm³/mol. The zero-order chi connectivity index (χ0) is 21.3. The largest absolute Gasteiger partial charge is 0.507 e. The van der Waals surface area contributed by atoms with Crippen molar-refractivity contribution in [2.45, 2.75) is 12.8 Å². The maximum atomic E-state index is 13.6. The van der Waals surface area contributed by atoms with Gasteiger partial charge in [-0.25, -0.2) is 0 Å². The number of hydrogen-bond acceptors (Lipinski definition) is 6. The number of benzene rings is 2. The van der Waals surface area contributed by atoms with E-state index in [4.69, 9.17) is 13.9 Å². The molecular formula is C21H18F3NO5. The maximum absolute atomic E-state index is 13.6. The minimum absolute atomic E-state index is 0.0403. The molecule has 0 aliphatic carbocycles. The van der Waals surface area contributed by atoms with Crippen molar-refractivity contribution >= 4 is 16.9 Å². The van der Waals surface area contributed by atoms with Gasteiger partial charge in [-0.2, -0.15) is 13.2 Å². The van der Waals surface area contributed by atoms with Crippen LogP contribution in [0.5, 0.6) is 11.5 Å². The van der Waals surface area contributed by atoms with Crippen LogP contribution in [-0.2, 0) is 17.5 Å². The van der Waals surface area contributed by atoms with E-state index >= 15 is 0 Å². The molecule has 0 atom stereocenters. The van der Waals surface area contributed by atoms with E-state index < -0.39 is 28.5 Å². The molecule has 1 aliphatic rings. The fourth-order valence-corrected chi connectivity index (χ4v) is 3.33. The first-order valence-electron chi connectivity index (χ1n) is 9.25. The highest BCUT2D eigenvalue weighted by atomic mass is 19.4. The standard InChI is InChI=1S/C21H18F3NO5/c22-21(23,24)16-15(26)7-6-14-17(27)19(29-12-13-4-2-1-3-5-13)20(30-18(14)16)25-8-10-28-11-9-25/h1-7,26H,8-12H2. The lowest BCUT2D eigenvalue weighted by molar-refractivity contribution is -0.138. The van der Waals surface area contributed by atoms with Crippen LogP contribution in [0, 0.1) is 0 Å². The van der Waals surface area contributed by atoms with Gasteiger partial charge in [-0.1, -0.05) is 30.3 Å². The van der Waals surface area contributed by atoms with Gasteiger partial charge < -0.3 is 23.9 Å². The number of alkyl halides is 3. The SMILES string of the molecule is O=c1c(OCc2ccccc2)c(N2CCOCC2)oc2c(C(F)(F)F)c(O)ccc12. The number of fused-ring (bicyclic) bond motifs is 1. The summed E-state index contributed by atoms with van der Waals surface area (Å²) in [5, 5.41) is 9.49. The summed E-state index contributed by atoms with van der Waals surface area (Å²) in [6.07, 6.45) is -4.91. The number of phenols is 1. The predicted octanol–water partition coefficient (Wildman–Crippen LogP) is 3.93. The Morgan fingerprint density at radius 1 is 1.07 bits per heavy atom. The summed E-state index contributed by atoms with van der Waals surface area (Å²) in [7, 11) is 0. The zero-order valence-electron chi connectivity index (χ0n) is 15.7. The van der Waals surface area contributed by atoms with Crippen LogP contribution in [0.4, 0.5) is 19.1 Å². The second kappa shape index (κ2) is 7.91. The van der Waals surface area contributed by atoms with Crippen molar-refractivity contribution in [3.63, 3.8) is 0 Å². The van der Waals surface area contributed by atoms with Crippen LogP contribution >= 0.6 is 0 Å². The Labute approximate surface area is 169 Å². The molecule has 6 nitrogen and oxygen atoms in total. The molecule has 2 aromatic carbocycles. The van der Waals surface area contributed by atoms with Crippen LogP contribution in [0.1, 0.15) is 11.1 Å². The van der Waals surface area contributed by atoms with Crippen molar-refractivity contribution in [2.24, 2.45) is 0 Å². The molecule has 158 valence electrons. The number of hydrogen-bond donors (Lipinski definition) is 1. The zero-order valence-corrected chi connectivity index (χ0v) is 15.7. The van der Waals surface area contributed by atoms with Crippen molar-refractivity contribution in [1.82, 2.24) is 0 Å². The summed E-state index contributed by atoms with van der Waals surface area (Å²) >= 11 is 0. The molecule has 2 heterocycles. The van der Waals surface area contributed by atoms with Gasteiger partial charge >= 0.3 is 6.18 Å². The summed E-state index contributed by atoms with van der Waals surface area (Å²) in [4.78, 5) is 14.7. The normalized spacial score (nSPS) is 14.8. The molecule has 1 fully saturated rings. The lowest BCUT2D eigenvalue weighted by atomic mass is 10.1. The third kappa shape index (κ3) is 3.80. The highest BCUT2D eigenvalue weighted by Gasteiger charge is 2.39. The van der Waals surface area contributed by atoms with Gasteiger partial charge in [0.2, 0.25) is 17.1 Å². The second-order valence-electron chi connectivity index (χ2n) is 6.77. The van der Waals surface area contributed by atoms with Crippen molar-refractivity contribution in [3.05, 3.63) is 63.8 Å². The van der Waals surface area contributed by atoms with Crippen molar-refractivity contribution in [1.29, 1.82) is 0 Å². The van der Waals surface area contributed by atoms with E-state index in [1.54, 1.807) is 17.0 Å². The molecule has 9 heteroatoms. The average molecular weight is 421 g/mol. The Morgan fingerprint density at radius 3 is 2.43 bits per heavy atom. The molecule has 0 spiro atoms. The average Bonchev–Trinajstić information content (AvgIpc) is 2.73. The van der Waals surface area contributed by atoms with Gasteiger partial charge in [-0.15, -0.1) is 0 Å². The number of rotatable bonds is 4. The highest BCUT2D eigenvalue weighted by Crippen LogP contribution is 2.42. The molecular weight excluding hydrogens is 403 g/mol. The molecule has 0 saturated carbocycles. The van der Waals surface area contributed by atoms with E-state index in [0.717, 1.165) is 17.7 Å². The Hall–Kier alpha value is -3.20. The van der Waals surface area contributed by atoms with Crippen LogP contribution in [0.15, 0.2) is 51.7 Å². The number of halogens is 3. The quantitative estimate of drug-likeness (QED) is 0.688. The molecule has 1 saturated heterocycles. The summed E-state index contributed by atoms with van der Waals surface area (Å²) in [5.74, 6) is -1.29. The van der Waals surface area contributed by atoms with E-state index in [1.165, 1.54) is 0 Å². The molecule has 0 amide bonds. The molecule has 30 heavy (non-hydrogen) atoms. The van der Waals surface area contributed by atoms with E-state index in [1.807, 2.05) is 18.2 Å². The fourth-order valence-electron chi connectivity index (χ4n) is 3.33. The van der Waals surface area contributed by atoms with Crippen molar-refractivity contribution in [3.8, 4) is 11.5 Å². The Morgan fingerprint density at radius 2 is 1.77 bits per heavy atom. The number of morpholine rings is 1. The van der Waals surface area contributed by atoms with Crippen LogP contribution in [-0.4, -0.2) is 31.4 Å². The maximum Gasteiger partial charge on any atom is 0.423 e. The minimum Gasteiger partial charge on any atom is -0.507 e. The van der Waals surface area contributed by atoms with Gasteiger partial charge in [0.15, 0.2) is 5.58 Å². The third-order valence-electron chi connectivity index (χ3n) is 4.79. The second-order valence-corrected chi connectivity index (χ2v) is 6.77. The third-order valence-corrected chi connectivity index (χ3v) is 4.79. The monoisotopic (exact) mass is 421 g/mol. The molecule has 0 unspecified atom stereocenters. The molecule has 0 radical (unpaired) electrons. The number of ether oxygens (including phenoxy) is 2. The van der Waals surface area contributed by atoms with Gasteiger partial charge in [0.25, 0.3) is 0 Å². The van der Waals surface area contributed by atoms with E-state index in [0.29, 0.717) is 26.3 Å². The van der Waals surface area contributed by atoms with Crippen LogP contribution < -0.4 is 15.1 Å². The first-order valence-corrected chi connectivity index (χ1v) is 9.25. The van der Waals surface area contributed by atoms with Gasteiger partial charge in [-0.05, 0) is 17.7 Å². The van der Waals surface area contributed by atoms with Crippen LogP contribution in [0.3, 0.4) is 0 Å². The van der Waals surface area contributed by atoms with Gasteiger partial charge in [0.1, 0.15) is 17.9 Å². The first-order chi connectivity index (χ1) is 14.4. The van der Waals surface area contributed by atoms with Crippen molar-refractivity contribution in [2.75, 3.05) is 31.2 Å². The number of nitrogens with zero attached hydrogens (tertiary/aromatic N) is 1. The summed E-state index contributed by atoms with van der Waals surface area (Å²) in [5.41, 5.74) is -2.06. The summed E-state index contributed by atoms with van der Waals surface area (Å²) in [6, 6.07) is 11.0. The summed E-state index contributed by atoms with van der Waals surface area (Å²) < 4.78 is 57.3. The van der Waals surface area contributed by atoms with Gasteiger partial charge in [0.05, 0.1) is 18.6 Å². The number of anilines is 1. The van der Waals surface area contributed by atoms with E-state index in [-0.39, 0.29) is 23.6 Å². The lowest BCUT2D eigenvalue weighted by Crippen LogP contribution is -2.37. The number of aromatic hydroxyl groups is 1. The Kier molecular flexibility index (Phi) is 5.29. The smallest absolute Gasteiger partial charge is 0.423 e. The number of phenolic OH excluding ortho intramolecular Hbond substituents is 1. The van der Waals surface area contributed by atoms with Crippen LogP contribution in [0.2, 0.25) is 0 Å². The lowest BCUT2D eigenvalue weighted by Gasteiger charge is -2.28. The molecule has 1 aliphatic heterocycles. The van der Waals surface area contributed by atoms with Gasteiger partial charge in [-0.3, -0.25) is 4.79 Å². The van der Waals surface area contributed by atoms with Crippen molar-refractivity contribution < 1.29 is 32.2 Å². The Balaban J connectivity index is 1.89. The molecule has 1 aromatic heterocycles. The van der Waals surface area contributed by atoms with E-state index in [2.05, 4.69) is 0 Å². The Bertz CT molecular complexity index is 1110. The minimum atomic E-state index is -4.91. The molecule has 3 aromatic rings. The molecule has 4 rings (SSSR count). The van der Waals surface area contributed by atoms with Crippen LogP contribution in [0.25, 0.3) is 11.0 Å². The molecule has 1 N–H and O–H groups in total. The van der Waals surface area contributed by atoms with E-state index in [9.17, 15) is 23.1 Å².